The van der Waals surface area contributed by atoms with Crippen molar-refractivity contribution in [1.29, 1.82) is 0 Å². The Balaban J connectivity index is 2.64. The predicted molar refractivity (Wildman–Crippen MR) is 97.4 cm³/mol. The van der Waals surface area contributed by atoms with E-state index in [9.17, 15) is 0 Å². The third-order valence-corrected chi connectivity index (χ3v) is 5.59. The summed E-state index contributed by atoms with van der Waals surface area (Å²) in [6, 6.07) is 7.59. The van der Waals surface area contributed by atoms with Gasteiger partial charge in [0, 0.05) is 20.1 Å². The summed E-state index contributed by atoms with van der Waals surface area (Å²) in [5.41, 5.74) is 4.26. The van der Waals surface area contributed by atoms with Crippen LogP contribution in [0.15, 0.2) is 28.7 Å². The van der Waals surface area contributed by atoms with E-state index >= 15 is 0 Å². The maximum absolute atomic E-state index is 6.11. The van der Waals surface area contributed by atoms with Gasteiger partial charge in [-0.3, -0.25) is 0 Å². The molecule has 0 bridgehead atoms. The highest BCUT2D eigenvalue weighted by molar-refractivity contribution is 9.10. The topological polar surface area (TPSA) is 9.23 Å². The Bertz CT molecular complexity index is 666. The van der Waals surface area contributed by atoms with Crippen LogP contribution in [0.25, 0.3) is 0 Å². The number of rotatable bonds is 3. The molecule has 2 aromatic carbocycles. The van der Waals surface area contributed by atoms with Gasteiger partial charge in [0.2, 0.25) is 0 Å². The molecule has 0 aromatic heterocycles. The Morgan fingerprint density at radius 3 is 2.14 bits per heavy atom. The van der Waals surface area contributed by atoms with E-state index in [0.717, 1.165) is 32.5 Å². The fraction of sp³-hybridized carbons (Fsp3) is 0.250. The lowest BCUT2D eigenvalue weighted by atomic mass is 9.97. The van der Waals surface area contributed by atoms with Gasteiger partial charge in [-0.2, -0.15) is 0 Å². The Labute approximate surface area is 151 Å². The molecule has 0 heterocycles. The lowest BCUT2D eigenvalue weighted by molar-refractivity contribution is 0.406. The van der Waals surface area contributed by atoms with Gasteiger partial charge in [-0.15, -0.1) is 0 Å². The molecule has 1 nitrogen and oxygen atoms in total. The molecule has 0 saturated heterocycles. The molecule has 21 heavy (non-hydrogen) atoms. The number of aryl methyl sites for hydroxylation is 1. The average molecular weight is 453 g/mol. The van der Waals surface area contributed by atoms with Crippen molar-refractivity contribution in [3.05, 3.63) is 61.0 Å². The van der Waals surface area contributed by atoms with Crippen molar-refractivity contribution in [2.75, 3.05) is 7.11 Å². The number of methoxy groups -OCH3 is 1. The van der Waals surface area contributed by atoms with E-state index < -0.39 is 0 Å². The summed E-state index contributed by atoms with van der Waals surface area (Å²) in [5, 5.41) is 1.23. The second-order valence-electron chi connectivity index (χ2n) is 4.81. The molecule has 5 heteroatoms. The third kappa shape index (κ3) is 3.58. The van der Waals surface area contributed by atoms with E-state index in [-0.39, 0.29) is 4.83 Å². The van der Waals surface area contributed by atoms with Crippen molar-refractivity contribution in [3.8, 4) is 5.75 Å². The normalized spacial score (nSPS) is 12.3. The number of halogens is 4. The molecule has 0 fully saturated rings. The van der Waals surface area contributed by atoms with Crippen LogP contribution >= 0.6 is 55.1 Å². The van der Waals surface area contributed by atoms with E-state index in [4.69, 9.17) is 27.9 Å². The molecule has 0 N–H and O–H groups in total. The maximum Gasteiger partial charge on any atom is 0.126 e. The molecule has 0 aliphatic heterocycles. The zero-order valence-corrected chi connectivity index (χ0v) is 16.5. The summed E-state index contributed by atoms with van der Waals surface area (Å²) in [5.74, 6) is 0.869. The summed E-state index contributed by atoms with van der Waals surface area (Å²) in [7, 11) is 1.68. The highest BCUT2D eigenvalue weighted by atomic mass is 79.9. The molecule has 0 amide bonds. The molecule has 2 rings (SSSR count). The third-order valence-electron chi connectivity index (χ3n) is 3.34. The van der Waals surface area contributed by atoms with Crippen molar-refractivity contribution < 1.29 is 4.74 Å². The van der Waals surface area contributed by atoms with Gasteiger partial charge < -0.3 is 4.74 Å². The van der Waals surface area contributed by atoms with Crippen LogP contribution in [-0.2, 0) is 0 Å². The van der Waals surface area contributed by atoms with Crippen LogP contribution in [-0.4, -0.2) is 7.11 Å². The minimum atomic E-state index is -0.0557. The summed E-state index contributed by atoms with van der Waals surface area (Å²) in [4.78, 5) is -0.0557. The molecule has 1 atom stereocenters. The molecule has 0 radical (unpaired) electrons. The molecule has 2 aromatic rings. The minimum absolute atomic E-state index is 0.0557. The molecule has 0 aliphatic rings. The van der Waals surface area contributed by atoms with Crippen molar-refractivity contribution in [2.45, 2.75) is 18.7 Å². The standard InChI is InChI=1S/C16H14Br2Cl2O/c1-8-4-13(17)9(2)14(16(8)21-3)15(18)10-5-11(19)7-12(20)6-10/h4-7,15H,1-3H3. The molecule has 0 spiro atoms. The number of benzene rings is 2. The van der Waals surface area contributed by atoms with Gasteiger partial charge in [0.15, 0.2) is 0 Å². The first kappa shape index (κ1) is 17.1. The van der Waals surface area contributed by atoms with Crippen LogP contribution in [0.4, 0.5) is 0 Å². The average Bonchev–Trinajstić information content (AvgIpc) is 2.40. The number of alkyl halides is 1. The van der Waals surface area contributed by atoms with Crippen molar-refractivity contribution >= 4 is 55.1 Å². The van der Waals surface area contributed by atoms with Gasteiger partial charge in [0.05, 0.1) is 11.9 Å². The van der Waals surface area contributed by atoms with Gasteiger partial charge in [-0.25, -0.2) is 0 Å². The Kier molecular flexibility index (Phi) is 5.64. The van der Waals surface area contributed by atoms with Gasteiger partial charge in [-0.1, -0.05) is 55.1 Å². The summed E-state index contributed by atoms with van der Waals surface area (Å²) >= 11 is 19.6. The van der Waals surface area contributed by atoms with E-state index in [1.165, 1.54) is 0 Å². The smallest absolute Gasteiger partial charge is 0.126 e. The maximum atomic E-state index is 6.11. The summed E-state index contributed by atoms with van der Waals surface area (Å²) < 4.78 is 6.65. The van der Waals surface area contributed by atoms with Gasteiger partial charge in [0.1, 0.15) is 5.75 Å². The Morgan fingerprint density at radius 2 is 1.62 bits per heavy atom. The Hall–Kier alpha value is -0.220. The van der Waals surface area contributed by atoms with Crippen LogP contribution in [0.5, 0.6) is 5.75 Å². The van der Waals surface area contributed by atoms with E-state index in [1.54, 1.807) is 13.2 Å². The lowest BCUT2D eigenvalue weighted by Gasteiger charge is -2.21. The first-order valence-corrected chi connectivity index (χ1v) is 8.75. The molecule has 0 aliphatic carbocycles. The molecular weight excluding hydrogens is 439 g/mol. The first-order chi connectivity index (χ1) is 9.85. The van der Waals surface area contributed by atoms with Crippen molar-refractivity contribution in [2.24, 2.45) is 0 Å². The highest BCUT2D eigenvalue weighted by Gasteiger charge is 2.22. The van der Waals surface area contributed by atoms with Gasteiger partial charge >= 0.3 is 0 Å². The van der Waals surface area contributed by atoms with Crippen LogP contribution in [0.3, 0.4) is 0 Å². The molecular formula is C16H14Br2Cl2O. The van der Waals surface area contributed by atoms with E-state index in [2.05, 4.69) is 44.8 Å². The Morgan fingerprint density at radius 1 is 1.05 bits per heavy atom. The second kappa shape index (κ2) is 6.91. The lowest BCUT2D eigenvalue weighted by Crippen LogP contribution is -2.03. The zero-order chi connectivity index (χ0) is 15.7. The largest absolute Gasteiger partial charge is 0.496 e. The van der Waals surface area contributed by atoms with Crippen molar-refractivity contribution in [1.82, 2.24) is 0 Å². The van der Waals surface area contributed by atoms with Crippen LogP contribution in [0, 0.1) is 13.8 Å². The number of hydrogen-bond acceptors (Lipinski definition) is 1. The van der Waals surface area contributed by atoms with Crippen LogP contribution < -0.4 is 4.74 Å². The van der Waals surface area contributed by atoms with Gasteiger partial charge in [0.25, 0.3) is 0 Å². The quantitative estimate of drug-likeness (QED) is 0.462. The van der Waals surface area contributed by atoms with Gasteiger partial charge in [-0.05, 0) is 54.8 Å². The number of ether oxygens (including phenoxy) is 1. The first-order valence-electron chi connectivity index (χ1n) is 6.28. The summed E-state index contributed by atoms with van der Waals surface area (Å²) in [6.07, 6.45) is 0. The predicted octanol–water partition coefficient (Wildman–Crippen LogP) is 6.87. The SMILES string of the molecule is COc1c(C)cc(Br)c(C)c1C(Br)c1cc(Cl)cc(Cl)c1. The fourth-order valence-electron chi connectivity index (χ4n) is 2.34. The minimum Gasteiger partial charge on any atom is -0.496 e. The molecule has 112 valence electrons. The number of hydrogen-bond donors (Lipinski definition) is 0. The van der Waals surface area contributed by atoms with E-state index in [1.807, 2.05) is 19.1 Å². The van der Waals surface area contributed by atoms with Crippen LogP contribution in [0.1, 0.15) is 27.1 Å². The van der Waals surface area contributed by atoms with E-state index in [0.29, 0.717) is 10.0 Å². The molecule has 1 unspecified atom stereocenters. The zero-order valence-electron chi connectivity index (χ0n) is 11.8. The second-order valence-corrected chi connectivity index (χ2v) is 7.46. The summed E-state index contributed by atoms with van der Waals surface area (Å²) in [6.45, 7) is 4.08. The van der Waals surface area contributed by atoms with Crippen molar-refractivity contribution in [3.63, 3.8) is 0 Å². The highest BCUT2D eigenvalue weighted by Crippen LogP contribution is 2.43. The monoisotopic (exact) mass is 450 g/mol. The van der Waals surface area contributed by atoms with Crippen LogP contribution in [0.2, 0.25) is 10.0 Å². The molecule has 0 saturated carbocycles. The fourth-order valence-corrected chi connectivity index (χ4v) is 4.26.